The van der Waals surface area contributed by atoms with Crippen LogP contribution in [-0.2, 0) is 9.59 Å². The third kappa shape index (κ3) is 3.46. The third-order valence-electron chi connectivity index (χ3n) is 2.08. The molecule has 1 heterocycles. The van der Waals surface area contributed by atoms with E-state index in [9.17, 15) is 9.59 Å². The van der Waals surface area contributed by atoms with Crippen molar-refractivity contribution in [1.82, 2.24) is 4.31 Å². The van der Waals surface area contributed by atoms with E-state index in [1.54, 1.807) is 0 Å². The fourth-order valence-corrected chi connectivity index (χ4v) is 4.61. The number of carbonyl (C=O) groups is 2. The first kappa shape index (κ1) is 11.8. The Balaban J connectivity index is 2.31. The Labute approximate surface area is 90.4 Å². The van der Waals surface area contributed by atoms with Crippen LogP contribution in [0.25, 0.3) is 0 Å². The first-order valence-electron chi connectivity index (χ1n) is 4.89. The molecule has 0 aromatic heterocycles. The van der Waals surface area contributed by atoms with Crippen molar-refractivity contribution in [3.8, 4) is 0 Å². The Hall–Kier alpha value is -0.293. The second-order valence-electron chi connectivity index (χ2n) is 4.73. The maximum Gasteiger partial charge on any atom is 0.239 e. The van der Waals surface area contributed by atoms with Gasteiger partial charge >= 0.3 is 0 Å². The van der Waals surface area contributed by atoms with Gasteiger partial charge in [-0.15, -0.1) is 0 Å². The summed E-state index contributed by atoms with van der Waals surface area (Å²) in [5.74, 6) is 0.860. The average Bonchev–Trinajstić information content (AvgIpc) is 2.33. The quantitative estimate of drug-likeness (QED) is 0.422. The van der Waals surface area contributed by atoms with Crippen molar-refractivity contribution in [3.63, 3.8) is 0 Å². The molecule has 0 aromatic carbocycles. The lowest BCUT2D eigenvalue weighted by molar-refractivity contribution is -0.131. The van der Waals surface area contributed by atoms with E-state index in [0.29, 0.717) is 12.8 Å². The van der Waals surface area contributed by atoms with Crippen LogP contribution in [0, 0.1) is 0 Å². The summed E-state index contributed by atoms with van der Waals surface area (Å²) in [6.07, 6.45) is 0.803. The SMILES string of the molecule is C[Si](C)(C)CCSN1C(=O)CCC1=O. The molecule has 0 radical (unpaired) electrons. The van der Waals surface area contributed by atoms with Gasteiger partial charge in [0.15, 0.2) is 0 Å². The Morgan fingerprint density at radius 3 is 2.14 bits per heavy atom. The minimum atomic E-state index is -1.04. The van der Waals surface area contributed by atoms with Gasteiger partial charge in [-0.1, -0.05) is 19.6 Å². The Morgan fingerprint density at radius 2 is 1.71 bits per heavy atom. The van der Waals surface area contributed by atoms with Crippen LogP contribution in [0.3, 0.4) is 0 Å². The largest absolute Gasteiger partial charge is 0.273 e. The van der Waals surface area contributed by atoms with Crippen LogP contribution in [0.1, 0.15) is 12.8 Å². The Morgan fingerprint density at radius 1 is 1.21 bits per heavy atom. The van der Waals surface area contributed by atoms with Crippen LogP contribution in [-0.4, -0.2) is 29.9 Å². The molecule has 0 atom stereocenters. The summed E-state index contributed by atoms with van der Waals surface area (Å²) in [7, 11) is -1.04. The lowest BCUT2D eigenvalue weighted by Crippen LogP contribution is -2.25. The number of rotatable bonds is 4. The maximum atomic E-state index is 11.2. The normalized spacial score (nSPS) is 18.1. The van der Waals surface area contributed by atoms with E-state index < -0.39 is 8.07 Å². The second kappa shape index (κ2) is 4.48. The molecule has 1 rings (SSSR count). The van der Waals surface area contributed by atoms with E-state index in [-0.39, 0.29) is 11.8 Å². The summed E-state index contributed by atoms with van der Waals surface area (Å²) >= 11 is 1.40. The predicted octanol–water partition coefficient (Wildman–Crippen LogP) is 2.12. The fraction of sp³-hybridized carbons (Fsp3) is 0.778. The molecular weight excluding hydrogens is 214 g/mol. The average molecular weight is 231 g/mol. The highest BCUT2D eigenvalue weighted by molar-refractivity contribution is 7.98. The van der Waals surface area contributed by atoms with Gasteiger partial charge in [0.05, 0.1) is 0 Å². The minimum Gasteiger partial charge on any atom is -0.273 e. The molecule has 0 N–H and O–H groups in total. The molecule has 1 aliphatic rings. The highest BCUT2D eigenvalue weighted by atomic mass is 32.2. The van der Waals surface area contributed by atoms with E-state index in [1.807, 2.05) is 0 Å². The molecular formula is C9H17NO2SSi. The summed E-state index contributed by atoms with van der Waals surface area (Å²) in [5, 5.41) is 0. The van der Waals surface area contributed by atoms with E-state index in [1.165, 1.54) is 16.3 Å². The van der Waals surface area contributed by atoms with Crippen molar-refractivity contribution >= 4 is 31.8 Å². The monoisotopic (exact) mass is 231 g/mol. The van der Waals surface area contributed by atoms with E-state index in [4.69, 9.17) is 0 Å². The van der Waals surface area contributed by atoms with Gasteiger partial charge < -0.3 is 0 Å². The van der Waals surface area contributed by atoms with Crippen LogP contribution in [0.15, 0.2) is 0 Å². The van der Waals surface area contributed by atoms with Crippen LogP contribution >= 0.6 is 11.9 Å². The number of imide groups is 1. The summed E-state index contributed by atoms with van der Waals surface area (Å²) in [4.78, 5) is 22.5. The molecule has 80 valence electrons. The van der Waals surface area contributed by atoms with Gasteiger partial charge in [-0.05, 0) is 18.0 Å². The predicted molar refractivity (Wildman–Crippen MR) is 61.7 cm³/mol. The van der Waals surface area contributed by atoms with Gasteiger partial charge in [-0.3, -0.25) is 9.59 Å². The molecule has 1 saturated heterocycles. The van der Waals surface area contributed by atoms with Gasteiger partial charge in [0.25, 0.3) is 0 Å². The highest BCUT2D eigenvalue weighted by Crippen LogP contribution is 2.23. The summed E-state index contributed by atoms with van der Waals surface area (Å²) < 4.78 is 1.35. The van der Waals surface area contributed by atoms with Crippen LogP contribution in [0.4, 0.5) is 0 Å². The smallest absolute Gasteiger partial charge is 0.239 e. The third-order valence-corrected chi connectivity index (χ3v) is 5.24. The van der Waals surface area contributed by atoms with Crippen LogP contribution in [0.2, 0.25) is 25.7 Å². The fourth-order valence-electron chi connectivity index (χ4n) is 1.14. The summed E-state index contributed by atoms with van der Waals surface area (Å²) in [6, 6.07) is 1.15. The van der Waals surface area contributed by atoms with Crippen LogP contribution < -0.4 is 0 Å². The standard InChI is InChI=1S/C9H17NO2SSi/c1-14(2,3)7-6-13-10-8(11)4-5-9(10)12/h4-7H2,1-3H3. The molecule has 0 aliphatic carbocycles. The molecule has 0 spiro atoms. The lowest BCUT2D eigenvalue weighted by Gasteiger charge is -2.17. The zero-order valence-electron chi connectivity index (χ0n) is 9.00. The topological polar surface area (TPSA) is 37.4 Å². The van der Waals surface area contributed by atoms with Gasteiger partial charge in [0.1, 0.15) is 0 Å². The number of hydrogen-bond acceptors (Lipinski definition) is 3. The van der Waals surface area contributed by atoms with Crippen molar-refractivity contribution in [2.45, 2.75) is 38.5 Å². The van der Waals surface area contributed by atoms with Gasteiger partial charge in [-0.2, -0.15) is 0 Å². The van der Waals surface area contributed by atoms with E-state index in [0.717, 1.165) is 11.8 Å². The zero-order valence-corrected chi connectivity index (χ0v) is 10.8. The number of hydrogen-bond donors (Lipinski definition) is 0. The molecule has 1 aliphatic heterocycles. The molecule has 0 unspecified atom stereocenters. The lowest BCUT2D eigenvalue weighted by atomic mass is 10.4. The zero-order chi connectivity index (χ0) is 10.8. The highest BCUT2D eigenvalue weighted by Gasteiger charge is 2.29. The molecule has 2 amide bonds. The van der Waals surface area contributed by atoms with Gasteiger partial charge in [-0.25, -0.2) is 4.31 Å². The molecule has 1 fully saturated rings. The maximum absolute atomic E-state index is 11.2. The number of nitrogens with zero attached hydrogens (tertiary/aromatic N) is 1. The molecule has 3 nitrogen and oxygen atoms in total. The molecule has 14 heavy (non-hydrogen) atoms. The van der Waals surface area contributed by atoms with Gasteiger partial charge in [0, 0.05) is 26.7 Å². The van der Waals surface area contributed by atoms with Crippen molar-refractivity contribution in [2.75, 3.05) is 5.75 Å². The number of carbonyl (C=O) groups excluding carboxylic acids is 2. The molecule has 0 saturated carbocycles. The van der Waals surface area contributed by atoms with Gasteiger partial charge in [0.2, 0.25) is 11.8 Å². The van der Waals surface area contributed by atoms with Crippen LogP contribution in [0.5, 0.6) is 0 Å². The Bertz CT molecular complexity index is 234. The van der Waals surface area contributed by atoms with Crippen molar-refractivity contribution < 1.29 is 9.59 Å². The summed E-state index contributed by atoms with van der Waals surface area (Å²) in [5.41, 5.74) is 0. The second-order valence-corrected chi connectivity index (χ2v) is 11.4. The van der Waals surface area contributed by atoms with Crippen molar-refractivity contribution in [2.24, 2.45) is 0 Å². The first-order chi connectivity index (χ1) is 6.40. The first-order valence-corrected chi connectivity index (χ1v) is 9.54. The summed E-state index contributed by atoms with van der Waals surface area (Å²) in [6.45, 7) is 6.88. The van der Waals surface area contributed by atoms with Crippen molar-refractivity contribution in [3.05, 3.63) is 0 Å². The van der Waals surface area contributed by atoms with E-state index >= 15 is 0 Å². The van der Waals surface area contributed by atoms with E-state index in [2.05, 4.69) is 19.6 Å². The molecule has 0 aromatic rings. The number of amides is 2. The molecule has 5 heteroatoms. The molecule has 0 bridgehead atoms. The van der Waals surface area contributed by atoms with Crippen molar-refractivity contribution in [1.29, 1.82) is 0 Å². The Kier molecular flexibility index (Phi) is 3.77. The minimum absolute atomic E-state index is 0.0180.